The zero-order valence-electron chi connectivity index (χ0n) is 9.77. The average molecular weight is 242 g/mol. The van der Waals surface area contributed by atoms with Crippen LogP contribution in [0, 0.1) is 0 Å². The lowest BCUT2D eigenvalue weighted by molar-refractivity contribution is -0.113. The number of carbonyl (C=O) groups excluding carboxylic acids is 1. The summed E-state index contributed by atoms with van der Waals surface area (Å²) in [6.45, 7) is 5.11. The van der Waals surface area contributed by atoms with Gasteiger partial charge in [-0.1, -0.05) is 19.9 Å². The summed E-state index contributed by atoms with van der Waals surface area (Å²) in [6.07, 6.45) is 1.02. The SMILES string of the molecule is CCCOC(OCCC)C(=O)c1cccs1. The Balaban J connectivity index is 2.56. The molecule has 4 heteroatoms. The molecule has 0 bridgehead atoms. The van der Waals surface area contributed by atoms with E-state index >= 15 is 0 Å². The quantitative estimate of drug-likeness (QED) is 0.519. The zero-order valence-corrected chi connectivity index (χ0v) is 10.6. The normalized spacial score (nSPS) is 10.9. The Bertz CT molecular complexity index is 287. The lowest BCUT2D eigenvalue weighted by Gasteiger charge is -2.15. The average Bonchev–Trinajstić information content (AvgIpc) is 2.82. The van der Waals surface area contributed by atoms with Gasteiger partial charge in [-0.15, -0.1) is 11.3 Å². The highest BCUT2D eigenvalue weighted by atomic mass is 32.1. The van der Waals surface area contributed by atoms with Gasteiger partial charge in [0.1, 0.15) is 0 Å². The van der Waals surface area contributed by atoms with Gasteiger partial charge in [-0.25, -0.2) is 0 Å². The van der Waals surface area contributed by atoms with E-state index in [1.165, 1.54) is 11.3 Å². The second-order valence-electron chi connectivity index (χ2n) is 3.42. The Morgan fingerprint density at radius 2 is 1.94 bits per heavy atom. The molecule has 0 N–H and O–H groups in total. The Labute approximate surface area is 100 Å². The van der Waals surface area contributed by atoms with Crippen LogP contribution in [-0.2, 0) is 9.47 Å². The summed E-state index contributed by atoms with van der Waals surface area (Å²) in [5, 5.41) is 1.88. The molecule has 0 saturated heterocycles. The van der Waals surface area contributed by atoms with Crippen LogP contribution >= 0.6 is 11.3 Å². The van der Waals surface area contributed by atoms with Crippen molar-refractivity contribution in [1.82, 2.24) is 0 Å². The number of thiophene rings is 1. The van der Waals surface area contributed by atoms with E-state index in [0.717, 1.165) is 12.8 Å². The molecular weight excluding hydrogens is 224 g/mol. The molecule has 1 aromatic heterocycles. The third kappa shape index (κ3) is 4.04. The first-order valence-electron chi connectivity index (χ1n) is 5.60. The van der Waals surface area contributed by atoms with Crippen molar-refractivity contribution < 1.29 is 14.3 Å². The van der Waals surface area contributed by atoms with E-state index in [1.807, 2.05) is 25.3 Å². The van der Waals surface area contributed by atoms with Gasteiger partial charge in [0.25, 0.3) is 0 Å². The van der Waals surface area contributed by atoms with Crippen molar-refractivity contribution in [1.29, 1.82) is 0 Å². The van der Waals surface area contributed by atoms with Gasteiger partial charge in [0.2, 0.25) is 12.1 Å². The predicted molar refractivity (Wildman–Crippen MR) is 64.9 cm³/mol. The molecule has 90 valence electrons. The van der Waals surface area contributed by atoms with Crippen molar-refractivity contribution >= 4 is 17.1 Å². The fourth-order valence-electron chi connectivity index (χ4n) is 1.18. The molecule has 16 heavy (non-hydrogen) atoms. The number of ketones is 1. The smallest absolute Gasteiger partial charge is 0.228 e. The molecule has 0 aliphatic rings. The summed E-state index contributed by atoms with van der Waals surface area (Å²) in [5.74, 6) is -0.0723. The fraction of sp³-hybridized carbons (Fsp3) is 0.583. The molecule has 0 fully saturated rings. The van der Waals surface area contributed by atoms with Crippen LogP contribution in [0.15, 0.2) is 17.5 Å². The maximum Gasteiger partial charge on any atom is 0.228 e. The van der Waals surface area contributed by atoms with Crippen molar-refractivity contribution in [3.63, 3.8) is 0 Å². The summed E-state index contributed by atoms with van der Waals surface area (Å²) < 4.78 is 10.8. The minimum Gasteiger partial charge on any atom is -0.346 e. The van der Waals surface area contributed by atoms with E-state index < -0.39 is 6.29 Å². The summed E-state index contributed by atoms with van der Waals surface area (Å²) in [6, 6.07) is 3.65. The van der Waals surface area contributed by atoms with Crippen molar-refractivity contribution in [2.45, 2.75) is 33.0 Å². The van der Waals surface area contributed by atoms with Gasteiger partial charge in [-0.05, 0) is 24.3 Å². The van der Waals surface area contributed by atoms with E-state index in [2.05, 4.69) is 0 Å². The van der Waals surface area contributed by atoms with Gasteiger partial charge in [-0.3, -0.25) is 4.79 Å². The van der Waals surface area contributed by atoms with E-state index in [0.29, 0.717) is 18.1 Å². The van der Waals surface area contributed by atoms with Crippen LogP contribution in [0.1, 0.15) is 36.4 Å². The van der Waals surface area contributed by atoms with Crippen LogP contribution in [0.4, 0.5) is 0 Å². The summed E-state index contributed by atoms with van der Waals surface area (Å²) in [5.41, 5.74) is 0. The minimum atomic E-state index is -0.737. The third-order valence-corrected chi connectivity index (χ3v) is 2.81. The van der Waals surface area contributed by atoms with Crippen molar-refractivity contribution in [3.8, 4) is 0 Å². The molecule has 0 amide bonds. The number of hydrogen-bond acceptors (Lipinski definition) is 4. The third-order valence-electron chi connectivity index (χ3n) is 1.92. The standard InChI is InChI=1S/C12H18O3S/c1-3-7-14-12(15-8-4-2)11(13)10-6-5-9-16-10/h5-6,9,12H,3-4,7-8H2,1-2H3. The van der Waals surface area contributed by atoms with E-state index in [1.54, 1.807) is 6.07 Å². The summed E-state index contributed by atoms with van der Waals surface area (Å²) >= 11 is 1.42. The number of carbonyl (C=O) groups is 1. The number of ether oxygens (including phenoxy) is 2. The Kier molecular flexibility index (Phi) is 6.30. The van der Waals surface area contributed by atoms with Crippen molar-refractivity contribution in [2.75, 3.05) is 13.2 Å². The fourth-order valence-corrected chi connectivity index (χ4v) is 1.86. The summed E-state index contributed by atoms with van der Waals surface area (Å²) in [4.78, 5) is 12.7. The molecule has 1 aromatic rings. The topological polar surface area (TPSA) is 35.5 Å². The highest BCUT2D eigenvalue weighted by Gasteiger charge is 2.21. The monoisotopic (exact) mass is 242 g/mol. The lowest BCUT2D eigenvalue weighted by atomic mass is 10.3. The Morgan fingerprint density at radius 3 is 2.38 bits per heavy atom. The molecule has 0 atom stereocenters. The molecule has 0 unspecified atom stereocenters. The largest absolute Gasteiger partial charge is 0.346 e. The second-order valence-corrected chi connectivity index (χ2v) is 4.36. The second kappa shape index (κ2) is 7.54. The van der Waals surface area contributed by atoms with Crippen LogP contribution in [0.25, 0.3) is 0 Å². The Morgan fingerprint density at radius 1 is 1.31 bits per heavy atom. The van der Waals surface area contributed by atoms with Gasteiger partial charge < -0.3 is 9.47 Å². The first-order valence-corrected chi connectivity index (χ1v) is 6.48. The van der Waals surface area contributed by atoms with E-state index in [-0.39, 0.29) is 5.78 Å². The van der Waals surface area contributed by atoms with Crippen molar-refractivity contribution in [2.24, 2.45) is 0 Å². The van der Waals surface area contributed by atoms with Crippen molar-refractivity contribution in [3.05, 3.63) is 22.4 Å². The Hall–Kier alpha value is -0.710. The summed E-state index contributed by atoms with van der Waals surface area (Å²) in [7, 11) is 0. The molecule has 0 saturated carbocycles. The molecule has 0 radical (unpaired) electrons. The zero-order chi connectivity index (χ0) is 11.8. The highest BCUT2D eigenvalue weighted by Crippen LogP contribution is 2.14. The van der Waals surface area contributed by atoms with Gasteiger partial charge in [-0.2, -0.15) is 0 Å². The highest BCUT2D eigenvalue weighted by molar-refractivity contribution is 7.12. The van der Waals surface area contributed by atoms with Gasteiger partial charge in [0.05, 0.1) is 4.88 Å². The van der Waals surface area contributed by atoms with Crippen LogP contribution < -0.4 is 0 Å². The van der Waals surface area contributed by atoms with Gasteiger partial charge in [0, 0.05) is 13.2 Å². The van der Waals surface area contributed by atoms with Crippen LogP contribution in [0.5, 0.6) is 0 Å². The molecule has 3 nitrogen and oxygen atoms in total. The van der Waals surface area contributed by atoms with E-state index in [9.17, 15) is 4.79 Å². The maximum absolute atomic E-state index is 12.0. The van der Waals surface area contributed by atoms with Crippen LogP contribution in [0.3, 0.4) is 0 Å². The maximum atomic E-state index is 12.0. The molecule has 1 heterocycles. The molecule has 0 spiro atoms. The predicted octanol–water partition coefficient (Wildman–Crippen LogP) is 3.11. The first-order chi connectivity index (χ1) is 7.79. The molecule has 1 rings (SSSR count). The number of rotatable bonds is 8. The minimum absolute atomic E-state index is 0.0723. The molecular formula is C12H18O3S. The van der Waals surface area contributed by atoms with Gasteiger partial charge in [0.15, 0.2) is 0 Å². The van der Waals surface area contributed by atoms with Crippen LogP contribution in [-0.4, -0.2) is 25.3 Å². The number of hydrogen-bond donors (Lipinski definition) is 0. The van der Waals surface area contributed by atoms with Gasteiger partial charge >= 0.3 is 0 Å². The van der Waals surface area contributed by atoms with Crippen LogP contribution in [0.2, 0.25) is 0 Å². The molecule has 0 aliphatic heterocycles. The molecule has 0 aromatic carbocycles. The molecule has 0 aliphatic carbocycles. The lowest BCUT2D eigenvalue weighted by Crippen LogP contribution is -2.27. The van der Waals surface area contributed by atoms with E-state index in [4.69, 9.17) is 9.47 Å². The number of Topliss-reactive ketones (excluding diaryl/α,β-unsaturated/α-hetero) is 1. The first kappa shape index (κ1) is 13.4.